The van der Waals surface area contributed by atoms with Crippen molar-refractivity contribution in [3.63, 3.8) is 0 Å². The van der Waals surface area contributed by atoms with E-state index in [-0.39, 0.29) is 0 Å². The van der Waals surface area contributed by atoms with Crippen LogP contribution in [0.25, 0.3) is 0 Å². The van der Waals surface area contributed by atoms with Crippen molar-refractivity contribution in [2.75, 3.05) is 19.6 Å². The third-order valence-corrected chi connectivity index (χ3v) is 6.74. The summed E-state index contributed by atoms with van der Waals surface area (Å²) < 4.78 is 0. The third-order valence-electron chi connectivity index (χ3n) is 6.74. The minimum atomic E-state index is 0.459. The van der Waals surface area contributed by atoms with Crippen LogP contribution in [-0.2, 0) is 0 Å². The number of rotatable bonds is 4. The molecule has 0 aromatic heterocycles. The molecule has 1 aliphatic heterocycles. The van der Waals surface area contributed by atoms with E-state index in [1.807, 2.05) is 0 Å². The van der Waals surface area contributed by atoms with E-state index in [0.717, 1.165) is 36.1 Å². The van der Waals surface area contributed by atoms with Gasteiger partial charge in [-0.15, -0.1) is 0 Å². The first-order valence-electron chi connectivity index (χ1n) is 8.76. The fraction of sp³-hybridized carbons (Fsp3) is 1.00. The summed E-state index contributed by atoms with van der Waals surface area (Å²) in [6.07, 6.45) is 12.1. The van der Waals surface area contributed by atoms with Crippen LogP contribution in [0.15, 0.2) is 0 Å². The maximum atomic E-state index is 5.99. The first-order chi connectivity index (χ1) is 9.28. The van der Waals surface area contributed by atoms with Gasteiger partial charge in [0.1, 0.15) is 0 Å². The highest BCUT2D eigenvalue weighted by atomic mass is 15.2. The van der Waals surface area contributed by atoms with Crippen molar-refractivity contribution in [1.29, 1.82) is 0 Å². The maximum Gasteiger partial charge on any atom is 0.0180 e. The molecule has 0 aromatic carbocycles. The first-order valence-corrected chi connectivity index (χ1v) is 8.76. The number of nitrogens with two attached hydrogens (primary N) is 1. The molecular weight excluding hydrogens is 232 g/mol. The Morgan fingerprint density at radius 3 is 2.21 bits per heavy atom. The number of hydrogen-bond donors (Lipinski definition) is 1. The van der Waals surface area contributed by atoms with Gasteiger partial charge in [0.15, 0.2) is 0 Å². The molecule has 2 heteroatoms. The molecule has 5 aliphatic rings. The van der Waals surface area contributed by atoms with Gasteiger partial charge in [-0.2, -0.15) is 0 Å². The summed E-state index contributed by atoms with van der Waals surface area (Å²) in [5, 5.41) is 0. The Morgan fingerprint density at radius 2 is 1.63 bits per heavy atom. The Morgan fingerprint density at radius 1 is 0.947 bits per heavy atom. The zero-order valence-corrected chi connectivity index (χ0v) is 12.3. The van der Waals surface area contributed by atoms with E-state index in [4.69, 9.17) is 5.73 Å². The molecule has 0 radical (unpaired) electrons. The minimum absolute atomic E-state index is 0.459. The van der Waals surface area contributed by atoms with E-state index < -0.39 is 0 Å². The van der Waals surface area contributed by atoms with E-state index in [9.17, 15) is 0 Å². The Hall–Kier alpha value is -0.0800. The van der Waals surface area contributed by atoms with Crippen molar-refractivity contribution in [2.24, 2.45) is 35.3 Å². The maximum absolute atomic E-state index is 5.99. The predicted molar refractivity (Wildman–Crippen MR) is 78.8 cm³/mol. The predicted octanol–water partition coefficient (Wildman–Crippen LogP) is 2.87. The molecule has 0 spiro atoms. The van der Waals surface area contributed by atoms with Gasteiger partial charge in [-0.05, 0) is 94.0 Å². The number of likely N-dealkylation sites (tertiary alicyclic amines) is 1. The lowest BCUT2D eigenvalue weighted by molar-refractivity contribution is -0.0408. The average molecular weight is 262 g/mol. The highest BCUT2D eigenvalue weighted by Crippen LogP contribution is 2.57. The van der Waals surface area contributed by atoms with Gasteiger partial charge in [-0.25, -0.2) is 0 Å². The van der Waals surface area contributed by atoms with Gasteiger partial charge in [0.05, 0.1) is 0 Å². The smallest absolute Gasteiger partial charge is 0.0180 e. The van der Waals surface area contributed by atoms with Crippen LogP contribution < -0.4 is 5.73 Å². The summed E-state index contributed by atoms with van der Waals surface area (Å²) in [4.78, 5) is 2.60. The summed E-state index contributed by atoms with van der Waals surface area (Å²) in [6, 6.07) is 0.459. The lowest BCUT2D eigenvalue weighted by Crippen LogP contribution is -2.45. The Labute approximate surface area is 118 Å². The molecule has 5 fully saturated rings. The monoisotopic (exact) mass is 262 g/mol. The summed E-state index contributed by atoms with van der Waals surface area (Å²) in [5.41, 5.74) is 5.99. The van der Waals surface area contributed by atoms with E-state index in [2.05, 4.69) is 4.90 Å². The van der Waals surface area contributed by atoms with Gasteiger partial charge in [-0.1, -0.05) is 0 Å². The van der Waals surface area contributed by atoms with Gasteiger partial charge in [0, 0.05) is 12.6 Å². The van der Waals surface area contributed by atoms with Crippen LogP contribution >= 0.6 is 0 Å². The van der Waals surface area contributed by atoms with Crippen LogP contribution in [0.1, 0.15) is 51.4 Å². The number of nitrogens with zero attached hydrogens (tertiary/aromatic N) is 1. The quantitative estimate of drug-likeness (QED) is 0.844. The Bertz CT molecular complexity index is 299. The van der Waals surface area contributed by atoms with E-state index in [1.54, 1.807) is 32.1 Å². The van der Waals surface area contributed by atoms with Crippen LogP contribution in [-0.4, -0.2) is 30.6 Å². The molecule has 5 rings (SSSR count). The second-order valence-electron chi connectivity index (χ2n) is 8.09. The largest absolute Gasteiger partial charge is 0.326 e. The molecule has 1 heterocycles. The highest BCUT2D eigenvalue weighted by molar-refractivity contribution is 4.98. The molecule has 4 saturated carbocycles. The van der Waals surface area contributed by atoms with Gasteiger partial charge in [0.2, 0.25) is 0 Å². The van der Waals surface area contributed by atoms with Gasteiger partial charge in [-0.3, -0.25) is 0 Å². The standard InChI is InChI=1S/C17H30N2/c18-16-3-5-19(11-16)4-1-2-17-14-7-12-6-13(9-14)10-15(17)8-12/h12-17H,1-11,18H2. The summed E-state index contributed by atoms with van der Waals surface area (Å²) in [5.74, 6) is 5.61. The minimum Gasteiger partial charge on any atom is -0.326 e. The SMILES string of the molecule is NC1CCN(CCCC2C3CC4CC(C3)CC2C4)C1. The molecule has 0 amide bonds. The second kappa shape index (κ2) is 5.04. The van der Waals surface area contributed by atoms with Crippen LogP contribution in [0, 0.1) is 29.6 Å². The lowest BCUT2D eigenvalue weighted by atomic mass is 9.51. The molecule has 0 aromatic rings. The summed E-state index contributed by atoms with van der Waals surface area (Å²) in [6.45, 7) is 3.72. The summed E-state index contributed by atoms with van der Waals surface area (Å²) >= 11 is 0. The molecule has 1 atom stereocenters. The van der Waals surface area contributed by atoms with Crippen molar-refractivity contribution < 1.29 is 0 Å². The van der Waals surface area contributed by atoms with Gasteiger partial charge in [0.25, 0.3) is 0 Å². The fourth-order valence-electron chi connectivity index (χ4n) is 6.13. The Kier molecular flexibility index (Phi) is 3.35. The number of hydrogen-bond acceptors (Lipinski definition) is 2. The molecule has 4 bridgehead atoms. The zero-order chi connectivity index (χ0) is 12.8. The van der Waals surface area contributed by atoms with Crippen molar-refractivity contribution in [3.8, 4) is 0 Å². The first kappa shape index (κ1) is 12.6. The molecule has 4 aliphatic carbocycles. The van der Waals surface area contributed by atoms with Crippen molar-refractivity contribution in [1.82, 2.24) is 4.90 Å². The second-order valence-corrected chi connectivity index (χ2v) is 8.09. The molecule has 1 saturated heterocycles. The molecular formula is C17H30N2. The van der Waals surface area contributed by atoms with E-state index >= 15 is 0 Å². The molecule has 2 N–H and O–H groups in total. The molecule has 1 unspecified atom stereocenters. The topological polar surface area (TPSA) is 29.3 Å². The van der Waals surface area contributed by atoms with E-state index in [0.29, 0.717) is 6.04 Å². The summed E-state index contributed by atoms with van der Waals surface area (Å²) in [7, 11) is 0. The van der Waals surface area contributed by atoms with Gasteiger partial charge >= 0.3 is 0 Å². The third kappa shape index (κ3) is 2.47. The fourth-order valence-corrected chi connectivity index (χ4v) is 6.13. The lowest BCUT2D eigenvalue weighted by Gasteiger charge is -2.54. The van der Waals surface area contributed by atoms with Crippen LogP contribution in [0.3, 0.4) is 0 Å². The van der Waals surface area contributed by atoms with Crippen molar-refractivity contribution in [2.45, 2.75) is 57.4 Å². The Balaban J connectivity index is 1.27. The highest BCUT2D eigenvalue weighted by Gasteiger charge is 2.47. The molecule has 19 heavy (non-hydrogen) atoms. The molecule has 108 valence electrons. The van der Waals surface area contributed by atoms with Crippen LogP contribution in [0.4, 0.5) is 0 Å². The average Bonchev–Trinajstić information content (AvgIpc) is 2.78. The molecule has 2 nitrogen and oxygen atoms in total. The van der Waals surface area contributed by atoms with Gasteiger partial charge < -0.3 is 10.6 Å². The van der Waals surface area contributed by atoms with Crippen LogP contribution in [0.2, 0.25) is 0 Å². The zero-order valence-electron chi connectivity index (χ0n) is 12.3. The normalized spacial score (nSPS) is 49.1. The van der Waals surface area contributed by atoms with Crippen molar-refractivity contribution in [3.05, 3.63) is 0 Å². The van der Waals surface area contributed by atoms with Crippen LogP contribution in [0.5, 0.6) is 0 Å². The van der Waals surface area contributed by atoms with Crippen molar-refractivity contribution >= 4 is 0 Å². The van der Waals surface area contributed by atoms with E-state index in [1.165, 1.54) is 32.4 Å².